The van der Waals surface area contributed by atoms with E-state index < -0.39 is 10.0 Å². The number of amides is 2. The van der Waals surface area contributed by atoms with Crippen LogP contribution in [0, 0.1) is 0 Å². The van der Waals surface area contributed by atoms with Crippen LogP contribution < -0.4 is 10.0 Å². The van der Waals surface area contributed by atoms with E-state index in [-0.39, 0.29) is 33.0 Å². The summed E-state index contributed by atoms with van der Waals surface area (Å²) in [7, 11) is 0.635. The maximum absolute atomic E-state index is 12.6. The van der Waals surface area contributed by atoms with E-state index in [4.69, 9.17) is 11.6 Å². The highest BCUT2D eigenvalue weighted by Gasteiger charge is 2.20. The molecule has 0 heterocycles. The topological polar surface area (TPSA) is 95.6 Å². The second kappa shape index (κ2) is 7.76. The highest BCUT2D eigenvalue weighted by Crippen LogP contribution is 2.25. The fraction of sp³-hybridized carbons (Fsp3) is 0.176. The van der Waals surface area contributed by atoms with Gasteiger partial charge < -0.3 is 10.2 Å². The van der Waals surface area contributed by atoms with Crippen LogP contribution in [0.2, 0.25) is 5.02 Å². The molecular formula is C17H18ClN3O4S. The number of carbonyl (C=O) groups is 2. The van der Waals surface area contributed by atoms with Crippen LogP contribution in [0.1, 0.15) is 20.7 Å². The molecule has 0 atom stereocenters. The maximum atomic E-state index is 12.6. The third-order valence-corrected chi connectivity index (χ3v) is 5.13. The molecule has 0 fully saturated rings. The number of nitrogens with one attached hydrogen (secondary N) is 2. The van der Waals surface area contributed by atoms with Gasteiger partial charge in [0.25, 0.3) is 21.8 Å². The van der Waals surface area contributed by atoms with E-state index in [9.17, 15) is 18.0 Å². The molecule has 0 radical (unpaired) electrons. The summed E-state index contributed by atoms with van der Waals surface area (Å²) >= 11 is 5.94. The number of benzene rings is 2. The molecule has 0 aliphatic rings. The third kappa shape index (κ3) is 4.33. The minimum atomic E-state index is -3.97. The maximum Gasteiger partial charge on any atom is 0.261 e. The molecule has 0 saturated carbocycles. The molecule has 2 aromatic carbocycles. The fourth-order valence-electron chi connectivity index (χ4n) is 2.16. The van der Waals surface area contributed by atoms with Crippen molar-refractivity contribution in [2.24, 2.45) is 0 Å². The van der Waals surface area contributed by atoms with Crippen molar-refractivity contribution >= 4 is 39.1 Å². The molecule has 7 nitrogen and oxygen atoms in total. The largest absolute Gasteiger partial charge is 0.355 e. The Hall–Kier alpha value is -2.58. The molecule has 2 N–H and O–H groups in total. The number of halogens is 1. The first kappa shape index (κ1) is 19.7. The van der Waals surface area contributed by atoms with Crippen molar-refractivity contribution in [3.63, 3.8) is 0 Å². The second-order valence-corrected chi connectivity index (χ2v) is 7.72. The Morgan fingerprint density at radius 3 is 2.19 bits per heavy atom. The molecule has 0 aliphatic heterocycles. The summed E-state index contributed by atoms with van der Waals surface area (Å²) in [5.41, 5.74) is 0.578. The highest BCUT2D eigenvalue weighted by atomic mass is 35.5. The van der Waals surface area contributed by atoms with Gasteiger partial charge >= 0.3 is 0 Å². The van der Waals surface area contributed by atoms with Gasteiger partial charge in [0, 0.05) is 31.7 Å². The molecule has 0 bridgehead atoms. The van der Waals surface area contributed by atoms with Crippen LogP contribution in [-0.4, -0.2) is 46.3 Å². The van der Waals surface area contributed by atoms with Gasteiger partial charge in [0.1, 0.15) is 0 Å². The molecule has 0 saturated heterocycles. The van der Waals surface area contributed by atoms with Crippen LogP contribution in [0.25, 0.3) is 0 Å². The lowest BCUT2D eigenvalue weighted by molar-refractivity contribution is 0.0828. The van der Waals surface area contributed by atoms with Crippen molar-refractivity contribution in [2.75, 3.05) is 25.9 Å². The monoisotopic (exact) mass is 395 g/mol. The minimum absolute atomic E-state index is 0.0478. The van der Waals surface area contributed by atoms with Crippen LogP contribution in [0.15, 0.2) is 47.4 Å². The molecular weight excluding hydrogens is 378 g/mol. The Morgan fingerprint density at radius 2 is 1.65 bits per heavy atom. The minimum Gasteiger partial charge on any atom is -0.355 e. The first-order valence-electron chi connectivity index (χ1n) is 7.52. The van der Waals surface area contributed by atoms with Crippen molar-refractivity contribution < 1.29 is 18.0 Å². The average molecular weight is 396 g/mol. The van der Waals surface area contributed by atoms with Crippen molar-refractivity contribution in [2.45, 2.75) is 4.90 Å². The van der Waals surface area contributed by atoms with Crippen molar-refractivity contribution in [3.05, 3.63) is 58.6 Å². The number of hydrogen-bond acceptors (Lipinski definition) is 4. The van der Waals surface area contributed by atoms with Crippen molar-refractivity contribution in [1.82, 2.24) is 10.2 Å². The summed E-state index contributed by atoms with van der Waals surface area (Å²) in [6.07, 6.45) is 0. The summed E-state index contributed by atoms with van der Waals surface area (Å²) < 4.78 is 27.6. The predicted molar refractivity (Wildman–Crippen MR) is 100 cm³/mol. The molecule has 2 amide bonds. The lowest BCUT2D eigenvalue weighted by Crippen LogP contribution is -2.24. The zero-order valence-corrected chi connectivity index (χ0v) is 16.0. The molecule has 26 heavy (non-hydrogen) atoms. The molecule has 2 rings (SSSR count). The fourth-order valence-corrected chi connectivity index (χ4v) is 3.40. The summed E-state index contributed by atoms with van der Waals surface area (Å²) in [5.74, 6) is -0.690. The van der Waals surface area contributed by atoms with Gasteiger partial charge in [-0.1, -0.05) is 11.6 Å². The van der Waals surface area contributed by atoms with E-state index in [0.29, 0.717) is 5.56 Å². The summed E-state index contributed by atoms with van der Waals surface area (Å²) in [6, 6.07) is 9.75. The number of hydrogen-bond donors (Lipinski definition) is 2. The van der Waals surface area contributed by atoms with Gasteiger partial charge in [0.2, 0.25) is 0 Å². The van der Waals surface area contributed by atoms with E-state index in [2.05, 4.69) is 10.0 Å². The Bertz CT molecular complexity index is 941. The van der Waals surface area contributed by atoms with E-state index in [1.165, 1.54) is 54.4 Å². The molecule has 138 valence electrons. The molecule has 0 aliphatic carbocycles. The lowest BCUT2D eigenvalue weighted by atomic mass is 10.1. The number of anilines is 1. The Balaban J connectivity index is 2.39. The van der Waals surface area contributed by atoms with E-state index in [1.54, 1.807) is 14.1 Å². The van der Waals surface area contributed by atoms with Crippen LogP contribution in [-0.2, 0) is 10.0 Å². The third-order valence-electron chi connectivity index (χ3n) is 3.52. The standard InChI is InChI=1S/C17H18ClN3O4S/c1-19-16(22)11-4-7-13(8-5-11)26(24,25)20-15-10-12(18)6-9-14(15)17(23)21(2)3/h4-10,20H,1-3H3,(H,19,22). The number of nitrogens with zero attached hydrogens (tertiary/aromatic N) is 1. The van der Waals surface area contributed by atoms with Crippen LogP contribution in [0.3, 0.4) is 0 Å². The van der Waals surface area contributed by atoms with Crippen LogP contribution in [0.5, 0.6) is 0 Å². The van der Waals surface area contributed by atoms with E-state index in [0.717, 1.165) is 0 Å². The Labute approximate surface area is 157 Å². The molecule has 2 aromatic rings. The normalized spacial score (nSPS) is 10.9. The Morgan fingerprint density at radius 1 is 1.04 bits per heavy atom. The molecule has 0 unspecified atom stereocenters. The highest BCUT2D eigenvalue weighted by molar-refractivity contribution is 7.92. The molecule has 0 spiro atoms. The Kier molecular flexibility index (Phi) is 5.89. The van der Waals surface area contributed by atoms with Crippen LogP contribution in [0.4, 0.5) is 5.69 Å². The summed E-state index contributed by atoms with van der Waals surface area (Å²) in [4.78, 5) is 25.1. The van der Waals surface area contributed by atoms with Gasteiger partial charge in [-0.3, -0.25) is 14.3 Å². The first-order chi connectivity index (χ1) is 12.2. The molecule has 9 heteroatoms. The zero-order valence-electron chi connectivity index (χ0n) is 14.4. The lowest BCUT2D eigenvalue weighted by Gasteiger charge is -2.16. The average Bonchev–Trinajstić information content (AvgIpc) is 2.60. The predicted octanol–water partition coefficient (Wildman–Crippen LogP) is 2.20. The van der Waals surface area contributed by atoms with Gasteiger partial charge in [-0.25, -0.2) is 8.42 Å². The zero-order chi connectivity index (χ0) is 19.5. The van der Waals surface area contributed by atoms with Gasteiger partial charge in [-0.05, 0) is 42.5 Å². The number of carbonyl (C=O) groups excluding carboxylic acids is 2. The van der Waals surface area contributed by atoms with Gasteiger partial charge in [0.05, 0.1) is 16.1 Å². The van der Waals surface area contributed by atoms with Gasteiger partial charge in [0.15, 0.2) is 0 Å². The smallest absolute Gasteiger partial charge is 0.261 e. The van der Waals surface area contributed by atoms with Crippen molar-refractivity contribution in [1.29, 1.82) is 0 Å². The van der Waals surface area contributed by atoms with E-state index >= 15 is 0 Å². The van der Waals surface area contributed by atoms with Crippen molar-refractivity contribution in [3.8, 4) is 0 Å². The second-order valence-electron chi connectivity index (χ2n) is 5.60. The first-order valence-corrected chi connectivity index (χ1v) is 9.38. The van der Waals surface area contributed by atoms with Crippen LogP contribution >= 0.6 is 11.6 Å². The molecule has 0 aromatic heterocycles. The number of sulfonamides is 1. The van der Waals surface area contributed by atoms with Gasteiger partial charge in [-0.15, -0.1) is 0 Å². The quantitative estimate of drug-likeness (QED) is 0.811. The summed E-state index contributed by atoms with van der Waals surface area (Å²) in [5, 5.41) is 2.74. The number of rotatable bonds is 5. The van der Waals surface area contributed by atoms with E-state index in [1.807, 2.05) is 0 Å². The van der Waals surface area contributed by atoms with Gasteiger partial charge in [-0.2, -0.15) is 0 Å². The summed E-state index contributed by atoms with van der Waals surface area (Å²) in [6.45, 7) is 0. The SMILES string of the molecule is CNC(=O)c1ccc(S(=O)(=O)Nc2cc(Cl)ccc2C(=O)N(C)C)cc1.